The van der Waals surface area contributed by atoms with Crippen LogP contribution in [-0.4, -0.2) is 5.91 Å². The van der Waals surface area contributed by atoms with Gasteiger partial charge < -0.3 is 5.32 Å². The van der Waals surface area contributed by atoms with Crippen LogP contribution >= 0.6 is 0 Å². The smallest absolute Gasteiger partial charge is 0.240 e. The van der Waals surface area contributed by atoms with Gasteiger partial charge in [0.25, 0.3) is 0 Å². The van der Waals surface area contributed by atoms with Crippen LogP contribution in [0.25, 0.3) is 0 Å². The molecule has 1 N–H and O–H groups in total. The van der Waals surface area contributed by atoms with Crippen molar-refractivity contribution in [3.8, 4) is 6.07 Å². The summed E-state index contributed by atoms with van der Waals surface area (Å²) < 4.78 is 26.2. The van der Waals surface area contributed by atoms with Gasteiger partial charge in [0.2, 0.25) is 5.91 Å². The van der Waals surface area contributed by atoms with Crippen LogP contribution < -0.4 is 5.32 Å². The van der Waals surface area contributed by atoms with Crippen molar-refractivity contribution >= 4 is 5.91 Å². The Morgan fingerprint density at radius 3 is 2.72 bits per heavy atom. The number of nitrogens with zero attached hydrogens (tertiary/aromatic N) is 1. The number of hydrogen-bond acceptors (Lipinski definition) is 2. The van der Waals surface area contributed by atoms with Crippen LogP contribution in [0.2, 0.25) is 0 Å². The lowest BCUT2D eigenvalue weighted by Gasteiger charge is -2.18. The Morgan fingerprint density at radius 2 is 2.17 bits per heavy atom. The zero-order valence-corrected chi connectivity index (χ0v) is 10.3. The monoisotopic (exact) mass is 252 g/mol. The number of carbonyl (C=O) groups is 1. The Hall–Kier alpha value is -1.96. The van der Waals surface area contributed by atoms with Crippen molar-refractivity contribution in [2.24, 2.45) is 5.41 Å². The van der Waals surface area contributed by atoms with Gasteiger partial charge in [-0.3, -0.25) is 4.79 Å². The zero-order chi connectivity index (χ0) is 13.8. The van der Waals surface area contributed by atoms with Gasteiger partial charge >= 0.3 is 0 Å². The first-order chi connectivity index (χ1) is 8.42. The molecule has 1 aromatic rings. The van der Waals surface area contributed by atoms with E-state index in [1.54, 1.807) is 6.92 Å². The van der Waals surface area contributed by atoms with E-state index in [2.05, 4.69) is 5.32 Å². The topological polar surface area (TPSA) is 52.9 Å². The quantitative estimate of drug-likeness (QED) is 0.895. The normalized spacial score (nSPS) is 13.5. The highest BCUT2D eigenvalue weighted by molar-refractivity contribution is 5.84. The summed E-state index contributed by atoms with van der Waals surface area (Å²) in [5.41, 5.74) is -1.09. The number of hydrogen-bond donors (Lipinski definition) is 1. The first kappa shape index (κ1) is 14.1. The third-order valence-corrected chi connectivity index (χ3v) is 2.90. The molecule has 0 saturated carbocycles. The molecule has 5 heteroatoms. The molecule has 0 spiro atoms. The number of halogens is 2. The maximum atomic E-state index is 13.3. The van der Waals surface area contributed by atoms with Crippen molar-refractivity contribution in [3.63, 3.8) is 0 Å². The van der Waals surface area contributed by atoms with Gasteiger partial charge in [-0.05, 0) is 31.5 Å². The van der Waals surface area contributed by atoms with Gasteiger partial charge in [0.15, 0.2) is 0 Å². The molecule has 1 amide bonds. The van der Waals surface area contributed by atoms with E-state index in [1.807, 2.05) is 6.07 Å². The Balaban J connectivity index is 2.75. The molecule has 18 heavy (non-hydrogen) atoms. The lowest BCUT2D eigenvalue weighted by Crippen LogP contribution is -2.37. The molecule has 0 aliphatic carbocycles. The molecule has 0 aliphatic heterocycles. The van der Waals surface area contributed by atoms with Gasteiger partial charge in [-0.2, -0.15) is 5.26 Å². The van der Waals surface area contributed by atoms with Crippen LogP contribution in [0.4, 0.5) is 8.78 Å². The predicted molar refractivity (Wildman–Crippen MR) is 62.2 cm³/mol. The summed E-state index contributed by atoms with van der Waals surface area (Å²) in [6.07, 6.45) is 0.348. The van der Waals surface area contributed by atoms with Crippen molar-refractivity contribution in [1.29, 1.82) is 5.26 Å². The van der Waals surface area contributed by atoms with E-state index >= 15 is 0 Å². The van der Waals surface area contributed by atoms with Gasteiger partial charge in [-0.1, -0.05) is 6.92 Å². The van der Waals surface area contributed by atoms with E-state index in [4.69, 9.17) is 5.26 Å². The van der Waals surface area contributed by atoms with E-state index < -0.39 is 23.0 Å². The molecular weight excluding hydrogens is 238 g/mol. The van der Waals surface area contributed by atoms with E-state index in [1.165, 1.54) is 6.92 Å². The van der Waals surface area contributed by atoms with Crippen molar-refractivity contribution in [2.45, 2.75) is 26.8 Å². The minimum absolute atomic E-state index is 0.0553. The van der Waals surface area contributed by atoms with Crippen LogP contribution in [0, 0.1) is 28.4 Å². The molecule has 1 rings (SSSR count). The maximum absolute atomic E-state index is 13.3. The molecule has 0 bridgehead atoms. The van der Waals surface area contributed by atoms with Crippen LogP contribution in [0.3, 0.4) is 0 Å². The van der Waals surface area contributed by atoms with Gasteiger partial charge in [-0.15, -0.1) is 0 Å². The molecule has 1 unspecified atom stereocenters. The third-order valence-electron chi connectivity index (χ3n) is 2.90. The Labute approximate surface area is 104 Å². The van der Waals surface area contributed by atoms with E-state index in [9.17, 15) is 13.6 Å². The van der Waals surface area contributed by atoms with Crippen LogP contribution in [-0.2, 0) is 11.3 Å². The maximum Gasteiger partial charge on any atom is 0.240 e. The SMILES string of the molecule is CCC(C)(C#N)C(=O)NCc1cc(F)ccc1F. The average Bonchev–Trinajstić information content (AvgIpc) is 2.38. The molecule has 0 radical (unpaired) electrons. The number of amides is 1. The molecule has 1 aromatic carbocycles. The third kappa shape index (κ3) is 3.04. The van der Waals surface area contributed by atoms with Crippen LogP contribution in [0.1, 0.15) is 25.8 Å². The summed E-state index contributed by atoms with van der Waals surface area (Å²) in [6.45, 7) is 3.08. The number of carbonyl (C=O) groups excluding carboxylic acids is 1. The fourth-order valence-corrected chi connectivity index (χ4v) is 1.34. The standard InChI is InChI=1S/C13H14F2N2O/c1-3-13(2,8-16)12(18)17-7-9-6-10(14)4-5-11(9)15/h4-6H,3,7H2,1-2H3,(H,17,18). The second kappa shape index (κ2) is 5.58. The van der Waals surface area contributed by atoms with E-state index in [-0.39, 0.29) is 12.1 Å². The van der Waals surface area contributed by atoms with Crippen LogP contribution in [0.15, 0.2) is 18.2 Å². The number of benzene rings is 1. The number of nitriles is 1. The average molecular weight is 252 g/mol. The van der Waals surface area contributed by atoms with E-state index in [0.717, 1.165) is 18.2 Å². The number of nitrogens with one attached hydrogen (secondary N) is 1. The highest BCUT2D eigenvalue weighted by atomic mass is 19.1. The molecule has 96 valence electrons. The molecule has 0 aliphatic rings. The fourth-order valence-electron chi connectivity index (χ4n) is 1.34. The minimum Gasteiger partial charge on any atom is -0.351 e. The molecule has 0 fully saturated rings. The second-order valence-electron chi connectivity index (χ2n) is 4.22. The van der Waals surface area contributed by atoms with Gasteiger partial charge in [-0.25, -0.2) is 8.78 Å². The summed E-state index contributed by atoms with van der Waals surface area (Å²) in [4.78, 5) is 11.7. The molecular formula is C13H14F2N2O. The van der Waals surface area contributed by atoms with Crippen molar-refractivity contribution in [3.05, 3.63) is 35.4 Å². The Kier molecular flexibility index (Phi) is 4.38. The van der Waals surface area contributed by atoms with Crippen molar-refractivity contribution < 1.29 is 13.6 Å². The summed E-state index contributed by atoms with van der Waals surface area (Å²) in [5, 5.41) is 11.3. The lowest BCUT2D eigenvalue weighted by atomic mass is 9.88. The molecule has 0 aromatic heterocycles. The highest BCUT2D eigenvalue weighted by Crippen LogP contribution is 2.20. The summed E-state index contributed by atoms with van der Waals surface area (Å²) in [6, 6.07) is 4.94. The summed E-state index contributed by atoms with van der Waals surface area (Å²) in [5.74, 6) is -1.65. The first-order valence-electron chi connectivity index (χ1n) is 5.56. The van der Waals surface area contributed by atoms with Crippen molar-refractivity contribution in [2.75, 3.05) is 0 Å². The largest absolute Gasteiger partial charge is 0.351 e. The van der Waals surface area contributed by atoms with Crippen molar-refractivity contribution in [1.82, 2.24) is 5.32 Å². The molecule has 0 saturated heterocycles. The van der Waals surface area contributed by atoms with E-state index in [0.29, 0.717) is 6.42 Å². The number of rotatable bonds is 4. The second-order valence-corrected chi connectivity index (χ2v) is 4.22. The molecule has 1 atom stereocenters. The predicted octanol–water partition coefficient (Wildman–Crippen LogP) is 2.52. The van der Waals surface area contributed by atoms with Gasteiger partial charge in [0.05, 0.1) is 6.07 Å². The Morgan fingerprint density at radius 1 is 1.50 bits per heavy atom. The summed E-state index contributed by atoms with van der Waals surface area (Å²) in [7, 11) is 0. The van der Waals surface area contributed by atoms with Gasteiger partial charge in [0.1, 0.15) is 17.0 Å². The molecule has 3 nitrogen and oxygen atoms in total. The molecule has 0 heterocycles. The Bertz CT molecular complexity index is 496. The van der Waals surface area contributed by atoms with Crippen LogP contribution in [0.5, 0.6) is 0 Å². The van der Waals surface area contributed by atoms with Gasteiger partial charge in [0, 0.05) is 12.1 Å². The minimum atomic E-state index is -1.15. The fraction of sp³-hybridized carbons (Fsp3) is 0.385. The summed E-state index contributed by atoms with van der Waals surface area (Å²) >= 11 is 0. The lowest BCUT2D eigenvalue weighted by molar-refractivity contribution is -0.127. The first-order valence-corrected chi connectivity index (χ1v) is 5.56. The zero-order valence-electron chi connectivity index (χ0n) is 10.3. The highest BCUT2D eigenvalue weighted by Gasteiger charge is 2.30.